The van der Waals surface area contributed by atoms with Gasteiger partial charge in [0.25, 0.3) is 5.91 Å². The molecule has 1 saturated heterocycles. The third-order valence-corrected chi connectivity index (χ3v) is 3.08. The van der Waals surface area contributed by atoms with Crippen LogP contribution in [0.3, 0.4) is 0 Å². The van der Waals surface area contributed by atoms with Crippen LogP contribution in [-0.2, 0) is 0 Å². The highest BCUT2D eigenvalue weighted by atomic mass is 32.1. The van der Waals surface area contributed by atoms with Gasteiger partial charge in [-0.3, -0.25) is 4.79 Å². The zero-order valence-electron chi connectivity index (χ0n) is 7.51. The molecule has 5 nitrogen and oxygen atoms in total. The average Bonchev–Trinajstić information content (AvgIpc) is 2.70. The predicted octanol–water partition coefficient (Wildman–Crippen LogP) is -0.187. The Bertz CT molecular complexity index is 352. The van der Waals surface area contributed by atoms with Gasteiger partial charge in [-0.25, -0.2) is 4.98 Å². The van der Waals surface area contributed by atoms with E-state index in [4.69, 9.17) is 5.73 Å². The number of amides is 1. The Hall–Kier alpha value is -1.14. The molecule has 0 aliphatic carbocycles. The highest BCUT2D eigenvalue weighted by Crippen LogP contribution is 2.24. The zero-order chi connectivity index (χ0) is 10.1. The summed E-state index contributed by atoms with van der Waals surface area (Å²) in [5.74, 6) is -0.507. The number of primary amides is 1. The molecule has 14 heavy (non-hydrogen) atoms. The number of hydrogen-bond donors (Lipinski definition) is 2. The molecule has 2 rings (SSSR count). The lowest BCUT2D eigenvalue weighted by Gasteiger charge is -2.12. The minimum Gasteiger partial charge on any atom is -0.391 e. The van der Waals surface area contributed by atoms with Crippen LogP contribution in [0.15, 0.2) is 5.38 Å². The molecule has 1 aromatic heterocycles. The maximum absolute atomic E-state index is 10.8. The number of β-amino-alcohol motifs (C(OH)–C–C–N with tert-alkyl or cyclic N) is 1. The topological polar surface area (TPSA) is 79.5 Å². The number of nitrogens with zero attached hydrogens (tertiary/aromatic N) is 2. The third-order valence-electron chi connectivity index (χ3n) is 2.18. The zero-order valence-corrected chi connectivity index (χ0v) is 8.33. The fourth-order valence-corrected chi connectivity index (χ4v) is 2.29. The number of carbonyl (C=O) groups excluding carboxylic acids is 1. The highest BCUT2D eigenvalue weighted by Gasteiger charge is 2.23. The van der Waals surface area contributed by atoms with Crippen molar-refractivity contribution in [2.24, 2.45) is 5.73 Å². The molecule has 76 valence electrons. The number of thiazole rings is 1. The maximum Gasteiger partial charge on any atom is 0.268 e. The molecule has 1 unspecified atom stereocenters. The molecular weight excluding hydrogens is 202 g/mol. The monoisotopic (exact) mass is 213 g/mol. The van der Waals surface area contributed by atoms with E-state index in [9.17, 15) is 9.90 Å². The average molecular weight is 213 g/mol. The van der Waals surface area contributed by atoms with Crippen LogP contribution >= 0.6 is 11.3 Å². The molecule has 1 atom stereocenters. The van der Waals surface area contributed by atoms with E-state index >= 15 is 0 Å². The van der Waals surface area contributed by atoms with Crippen LogP contribution in [0, 0.1) is 0 Å². The molecule has 1 aromatic rings. The van der Waals surface area contributed by atoms with Gasteiger partial charge in [0.2, 0.25) is 0 Å². The fourth-order valence-electron chi connectivity index (χ4n) is 1.44. The molecule has 1 fully saturated rings. The lowest BCUT2D eigenvalue weighted by molar-refractivity contribution is 0.0996. The predicted molar refractivity (Wildman–Crippen MR) is 53.5 cm³/mol. The van der Waals surface area contributed by atoms with Gasteiger partial charge >= 0.3 is 0 Å². The number of rotatable bonds is 2. The van der Waals surface area contributed by atoms with Crippen molar-refractivity contribution >= 4 is 22.4 Å². The normalized spacial score (nSPS) is 21.5. The lowest BCUT2D eigenvalue weighted by atomic mass is 10.3. The molecule has 0 radical (unpaired) electrons. The molecule has 0 spiro atoms. The Morgan fingerprint density at radius 1 is 1.79 bits per heavy atom. The van der Waals surface area contributed by atoms with Crippen molar-refractivity contribution in [2.75, 3.05) is 18.0 Å². The second-order valence-electron chi connectivity index (χ2n) is 3.27. The summed E-state index contributed by atoms with van der Waals surface area (Å²) in [6.07, 6.45) is 0.474. The number of hydrogen-bond acceptors (Lipinski definition) is 5. The molecule has 2 heterocycles. The molecule has 0 bridgehead atoms. The van der Waals surface area contributed by atoms with Gasteiger partial charge in [-0.2, -0.15) is 0 Å². The van der Waals surface area contributed by atoms with Crippen molar-refractivity contribution in [3.63, 3.8) is 0 Å². The Morgan fingerprint density at radius 3 is 3.07 bits per heavy atom. The van der Waals surface area contributed by atoms with Gasteiger partial charge in [-0.1, -0.05) is 0 Å². The van der Waals surface area contributed by atoms with Gasteiger partial charge < -0.3 is 15.7 Å². The van der Waals surface area contributed by atoms with Crippen LogP contribution in [-0.4, -0.2) is 35.2 Å². The van der Waals surface area contributed by atoms with E-state index in [0.29, 0.717) is 12.2 Å². The second-order valence-corrected chi connectivity index (χ2v) is 4.10. The van der Waals surface area contributed by atoms with Crippen molar-refractivity contribution < 1.29 is 9.90 Å². The Kier molecular flexibility index (Phi) is 2.39. The third kappa shape index (κ3) is 1.71. The van der Waals surface area contributed by atoms with Crippen LogP contribution in [0.5, 0.6) is 0 Å². The summed E-state index contributed by atoms with van der Waals surface area (Å²) in [6.45, 7) is 1.37. The standard InChI is InChI=1S/C8H11N3O2S/c9-7(13)6-4-14-8(10-6)11-2-1-5(12)3-11/h4-5,12H,1-3H2,(H2,9,13). The van der Waals surface area contributed by atoms with Crippen LogP contribution < -0.4 is 10.6 Å². The van der Waals surface area contributed by atoms with Crippen molar-refractivity contribution in [1.29, 1.82) is 0 Å². The number of nitrogens with two attached hydrogens (primary N) is 1. The van der Waals surface area contributed by atoms with Gasteiger partial charge in [-0.15, -0.1) is 11.3 Å². The summed E-state index contributed by atoms with van der Waals surface area (Å²) >= 11 is 1.38. The van der Waals surface area contributed by atoms with E-state index in [2.05, 4.69) is 4.98 Å². The summed E-state index contributed by atoms with van der Waals surface area (Å²) in [7, 11) is 0. The maximum atomic E-state index is 10.8. The van der Waals surface area contributed by atoms with E-state index in [1.54, 1.807) is 5.38 Å². The summed E-state index contributed by atoms with van der Waals surface area (Å²) in [5, 5.41) is 11.7. The second kappa shape index (κ2) is 3.55. The summed E-state index contributed by atoms with van der Waals surface area (Å²) in [5.41, 5.74) is 5.39. The first-order valence-corrected chi connectivity index (χ1v) is 5.23. The molecule has 1 amide bonds. The van der Waals surface area contributed by atoms with Crippen molar-refractivity contribution in [3.8, 4) is 0 Å². The Balaban J connectivity index is 2.13. The SMILES string of the molecule is NC(=O)c1csc(N2CCC(O)C2)n1. The van der Waals surface area contributed by atoms with E-state index in [0.717, 1.165) is 18.1 Å². The Morgan fingerprint density at radius 2 is 2.57 bits per heavy atom. The summed E-state index contributed by atoms with van der Waals surface area (Å²) in [6, 6.07) is 0. The number of carbonyl (C=O) groups is 1. The van der Waals surface area contributed by atoms with Crippen molar-refractivity contribution in [2.45, 2.75) is 12.5 Å². The quantitative estimate of drug-likeness (QED) is 0.714. The van der Waals surface area contributed by atoms with Gasteiger partial charge in [-0.05, 0) is 6.42 Å². The van der Waals surface area contributed by atoms with Crippen LogP contribution in [0.1, 0.15) is 16.9 Å². The van der Waals surface area contributed by atoms with Gasteiger partial charge in [0.1, 0.15) is 5.69 Å². The number of aliphatic hydroxyl groups excluding tert-OH is 1. The molecule has 0 saturated carbocycles. The van der Waals surface area contributed by atoms with E-state index in [-0.39, 0.29) is 6.10 Å². The molecular formula is C8H11N3O2S. The lowest BCUT2D eigenvalue weighted by Crippen LogP contribution is -2.21. The number of aromatic nitrogens is 1. The smallest absolute Gasteiger partial charge is 0.268 e. The van der Waals surface area contributed by atoms with Crippen LogP contribution in [0.4, 0.5) is 5.13 Å². The fraction of sp³-hybridized carbons (Fsp3) is 0.500. The van der Waals surface area contributed by atoms with Gasteiger partial charge in [0.15, 0.2) is 5.13 Å². The van der Waals surface area contributed by atoms with Crippen LogP contribution in [0.25, 0.3) is 0 Å². The van der Waals surface area contributed by atoms with E-state index in [1.807, 2.05) is 4.90 Å². The highest BCUT2D eigenvalue weighted by molar-refractivity contribution is 7.13. The minimum absolute atomic E-state index is 0.282. The van der Waals surface area contributed by atoms with Crippen LogP contribution in [0.2, 0.25) is 0 Å². The summed E-state index contributed by atoms with van der Waals surface area (Å²) < 4.78 is 0. The first-order chi connectivity index (χ1) is 6.66. The number of aliphatic hydroxyl groups is 1. The Labute approximate surface area is 85.2 Å². The molecule has 3 N–H and O–H groups in total. The largest absolute Gasteiger partial charge is 0.391 e. The van der Waals surface area contributed by atoms with Crippen molar-refractivity contribution in [3.05, 3.63) is 11.1 Å². The first kappa shape index (κ1) is 9.42. The minimum atomic E-state index is -0.507. The molecule has 0 aromatic carbocycles. The molecule has 1 aliphatic heterocycles. The van der Waals surface area contributed by atoms with Crippen molar-refractivity contribution in [1.82, 2.24) is 4.98 Å². The first-order valence-electron chi connectivity index (χ1n) is 4.35. The van der Waals surface area contributed by atoms with Gasteiger partial charge in [0, 0.05) is 18.5 Å². The molecule has 1 aliphatic rings. The van der Waals surface area contributed by atoms with E-state index in [1.165, 1.54) is 11.3 Å². The van der Waals surface area contributed by atoms with Gasteiger partial charge in [0.05, 0.1) is 6.10 Å². The number of anilines is 1. The summed E-state index contributed by atoms with van der Waals surface area (Å²) in [4.78, 5) is 16.8. The molecule has 6 heteroatoms. The van der Waals surface area contributed by atoms with E-state index < -0.39 is 5.91 Å².